The Labute approximate surface area is 153 Å². The third-order valence-corrected chi connectivity index (χ3v) is 5.20. The minimum Gasteiger partial charge on any atom is -0.467 e. The lowest BCUT2D eigenvalue weighted by molar-refractivity contribution is -0.145. The van der Waals surface area contributed by atoms with Gasteiger partial charge in [-0.05, 0) is 24.5 Å². The van der Waals surface area contributed by atoms with Crippen LogP contribution in [0.1, 0.15) is 32.3 Å². The van der Waals surface area contributed by atoms with Crippen LogP contribution >= 0.6 is 0 Å². The van der Waals surface area contributed by atoms with Crippen molar-refractivity contribution in [3.63, 3.8) is 0 Å². The first-order valence-corrected chi connectivity index (χ1v) is 9.76. The van der Waals surface area contributed by atoms with Crippen LogP contribution in [-0.2, 0) is 24.3 Å². The average Bonchev–Trinajstić information content (AvgIpc) is 2.84. The van der Waals surface area contributed by atoms with Gasteiger partial charge in [-0.1, -0.05) is 26.0 Å². The Kier molecular flexibility index (Phi) is 6.36. The van der Waals surface area contributed by atoms with E-state index in [0.717, 1.165) is 0 Å². The number of hydrogen-bond acceptors (Lipinski definition) is 6. The number of benzene rings is 1. The fraction of sp³-hybridized carbons (Fsp3) is 0.471. The van der Waals surface area contributed by atoms with Crippen LogP contribution in [0.4, 0.5) is 0 Å². The molecule has 2 rings (SSSR count). The van der Waals surface area contributed by atoms with Gasteiger partial charge in [0.15, 0.2) is 0 Å². The number of methoxy groups -OCH3 is 1. The lowest BCUT2D eigenvalue weighted by Crippen LogP contribution is -2.42. The van der Waals surface area contributed by atoms with E-state index in [2.05, 4.69) is 15.0 Å². The highest BCUT2D eigenvalue weighted by Gasteiger charge is 2.30. The number of fused-ring (bicyclic) bond motifs is 1. The number of nitrogens with one attached hydrogen (secondary N) is 2. The zero-order valence-electron chi connectivity index (χ0n) is 15.0. The summed E-state index contributed by atoms with van der Waals surface area (Å²) in [5.74, 6) is -0.403. The van der Waals surface area contributed by atoms with Gasteiger partial charge in [0.1, 0.15) is 11.9 Å². The summed E-state index contributed by atoms with van der Waals surface area (Å²) in [5, 5.41) is 2.64. The molecule has 0 saturated heterocycles. The molecule has 0 fully saturated rings. The summed E-state index contributed by atoms with van der Waals surface area (Å²) in [5.41, 5.74) is 0.486. The summed E-state index contributed by atoms with van der Waals surface area (Å²) in [4.78, 5) is 28.2. The molecule has 1 amide bonds. The van der Waals surface area contributed by atoms with Crippen molar-refractivity contribution in [3.8, 4) is 0 Å². The van der Waals surface area contributed by atoms with Gasteiger partial charge in [0, 0.05) is 12.0 Å². The van der Waals surface area contributed by atoms with E-state index in [1.54, 1.807) is 18.2 Å². The molecule has 26 heavy (non-hydrogen) atoms. The molecular formula is C17H23N3O5S. The number of hydrogen-bond donors (Lipinski definition) is 2. The molecule has 0 bridgehead atoms. The number of aliphatic imine (C=N–C) groups is 1. The largest absolute Gasteiger partial charge is 0.467 e. The molecule has 0 radical (unpaired) electrons. The van der Waals surface area contributed by atoms with Crippen LogP contribution in [0.5, 0.6) is 0 Å². The number of amidine groups is 1. The van der Waals surface area contributed by atoms with Crippen molar-refractivity contribution < 1.29 is 22.7 Å². The van der Waals surface area contributed by atoms with E-state index in [1.165, 1.54) is 13.2 Å². The Hall–Kier alpha value is -2.42. The van der Waals surface area contributed by atoms with E-state index in [1.807, 2.05) is 13.8 Å². The van der Waals surface area contributed by atoms with Crippen molar-refractivity contribution in [1.82, 2.24) is 10.0 Å². The minimum absolute atomic E-state index is 0.0268. The maximum absolute atomic E-state index is 12.1. The summed E-state index contributed by atoms with van der Waals surface area (Å²) in [6, 6.07) is 5.81. The molecule has 1 aliphatic rings. The maximum atomic E-state index is 12.1. The third kappa shape index (κ3) is 4.81. The fourth-order valence-corrected chi connectivity index (χ4v) is 3.87. The highest BCUT2D eigenvalue weighted by Crippen LogP contribution is 2.22. The molecule has 1 aromatic rings. The molecule has 0 spiro atoms. The van der Waals surface area contributed by atoms with Crippen LogP contribution in [-0.4, -0.2) is 45.8 Å². The van der Waals surface area contributed by atoms with Crippen LogP contribution in [0.3, 0.4) is 0 Å². The van der Waals surface area contributed by atoms with Crippen LogP contribution in [0.15, 0.2) is 34.2 Å². The van der Waals surface area contributed by atoms with Gasteiger partial charge in [-0.2, -0.15) is 0 Å². The quantitative estimate of drug-likeness (QED) is 0.679. The number of rotatable bonds is 7. The van der Waals surface area contributed by atoms with Crippen molar-refractivity contribution in [2.24, 2.45) is 10.9 Å². The summed E-state index contributed by atoms with van der Waals surface area (Å²) >= 11 is 0. The summed E-state index contributed by atoms with van der Waals surface area (Å²) in [6.45, 7) is 3.98. The number of ether oxygens (including phenoxy) is 1. The third-order valence-electron chi connectivity index (χ3n) is 3.80. The zero-order chi connectivity index (χ0) is 19.3. The van der Waals surface area contributed by atoms with Crippen LogP contribution in [0.25, 0.3) is 0 Å². The Morgan fingerprint density at radius 2 is 1.96 bits per heavy atom. The van der Waals surface area contributed by atoms with E-state index in [-0.39, 0.29) is 35.5 Å². The van der Waals surface area contributed by atoms with Gasteiger partial charge in [-0.25, -0.2) is 13.2 Å². The normalized spacial score (nSPS) is 17.5. The molecule has 1 aliphatic heterocycles. The molecule has 0 aromatic heterocycles. The lowest BCUT2D eigenvalue weighted by Gasteiger charge is -2.18. The molecular weight excluding hydrogens is 358 g/mol. The molecule has 0 saturated carbocycles. The molecule has 1 aromatic carbocycles. The molecule has 0 aliphatic carbocycles. The van der Waals surface area contributed by atoms with Gasteiger partial charge in [0.25, 0.3) is 10.0 Å². The molecule has 1 heterocycles. The van der Waals surface area contributed by atoms with E-state index in [4.69, 9.17) is 4.74 Å². The number of nitrogens with zero attached hydrogens (tertiary/aromatic N) is 1. The molecule has 8 nitrogen and oxygen atoms in total. The average molecular weight is 381 g/mol. The lowest BCUT2D eigenvalue weighted by atomic mass is 10.0. The number of esters is 1. The van der Waals surface area contributed by atoms with Gasteiger partial charge in [0.2, 0.25) is 5.91 Å². The summed E-state index contributed by atoms with van der Waals surface area (Å²) in [6.07, 6.45) is 0.499. The highest BCUT2D eigenvalue weighted by atomic mass is 32.2. The summed E-state index contributed by atoms with van der Waals surface area (Å²) in [7, 11) is -2.32. The van der Waals surface area contributed by atoms with Crippen LogP contribution < -0.4 is 10.0 Å². The Balaban J connectivity index is 1.98. The topological polar surface area (TPSA) is 114 Å². The minimum atomic E-state index is -3.60. The first kappa shape index (κ1) is 19.9. The van der Waals surface area contributed by atoms with Crippen LogP contribution in [0, 0.1) is 5.92 Å². The van der Waals surface area contributed by atoms with E-state index < -0.39 is 22.0 Å². The Morgan fingerprint density at radius 3 is 2.62 bits per heavy atom. The number of sulfonamides is 1. The van der Waals surface area contributed by atoms with Gasteiger partial charge < -0.3 is 10.1 Å². The van der Waals surface area contributed by atoms with E-state index in [0.29, 0.717) is 12.0 Å². The molecule has 1 atom stereocenters. The second-order valence-corrected chi connectivity index (χ2v) is 8.01. The predicted molar refractivity (Wildman–Crippen MR) is 96.2 cm³/mol. The van der Waals surface area contributed by atoms with Crippen molar-refractivity contribution >= 4 is 27.7 Å². The number of carbonyl (C=O) groups is 2. The standard InChI is InChI=1S/C17H23N3O5S/c1-11(2)10-13(17(22)25-3)19-15(21)8-9-18-16-12-6-4-5-7-14(12)26(23,24)20-16/h4-7,11,13H,8-10H2,1-3H3,(H,18,20)(H,19,21)/t13-/m1/s1. The van der Waals surface area contributed by atoms with Gasteiger partial charge >= 0.3 is 5.97 Å². The maximum Gasteiger partial charge on any atom is 0.328 e. The van der Waals surface area contributed by atoms with Crippen molar-refractivity contribution in [2.75, 3.05) is 13.7 Å². The Bertz CT molecular complexity index is 817. The number of amides is 1. The van der Waals surface area contributed by atoms with Crippen molar-refractivity contribution in [3.05, 3.63) is 29.8 Å². The fourth-order valence-electron chi connectivity index (χ4n) is 2.61. The first-order valence-electron chi connectivity index (χ1n) is 8.28. The smallest absolute Gasteiger partial charge is 0.328 e. The first-order chi connectivity index (χ1) is 12.2. The second kappa shape index (κ2) is 8.31. The predicted octanol–water partition coefficient (Wildman–Crippen LogP) is 0.819. The van der Waals surface area contributed by atoms with Crippen molar-refractivity contribution in [2.45, 2.75) is 37.6 Å². The van der Waals surface area contributed by atoms with Gasteiger partial charge in [-0.15, -0.1) is 0 Å². The monoisotopic (exact) mass is 381 g/mol. The molecule has 2 N–H and O–H groups in total. The zero-order valence-corrected chi connectivity index (χ0v) is 15.8. The van der Waals surface area contributed by atoms with Crippen LogP contribution in [0.2, 0.25) is 0 Å². The van der Waals surface area contributed by atoms with Crippen molar-refractivity contribution in [1.29, 1.82) is 0 Å². The van der Waals surface area contributed by atoms with Gasteiger partial charge in [0.05, 0.1) is 18.6 Å². The van der Waals surface area contributed by atoms with Gasteiger partial charge in [-0.3, -0.25) is 14.5 Å². The SMILES string of the molecule is COC(=O)[C@@H](CC(C)C)NC(=O)CCN=C1NS(=O)(=O)c2ccccc21. The molecule has 142 valence electrons. The molecule has 9 heteroatoms. The molecule has 0 unspecified atom stereocenters. The van der Waals surface area contributed by atoms with E-state index >= 15 is 0 Å². The summed E-state index contributed by atoms with van der Waals surface area (Å²) < 4.78 is 31.1. The Morgan fingerprint density at radius 1 is 1.27 bits per heavy atom. The number of carbonyl (C=O) groups excluding carboxylic acids is 2. The van der Waals surface area contributed by atoms with E-state index in [9.17, 15) is 18.0 Å². The second-order valence-electron chi connectivity index (χ2n) is 6.35. The highest BCUT2D eigenvalue weighted by molar-refractivity contribution is 7.90.